The summed E-state index contributed by atoms with van der Waals surface area (Å²) in [5, 5.41) is 4.65. The summed E-state index contributed by atoms with van der Waals surface area (Å²) in [4.78, 5) is 21.1. The lowest BCUT2D eigenvalue weighted by Crippen LogP contribution is -2.31. The molecule has 1 amide bonds. The number of alkyl halides is 1. The quantitative estimate of drug-likeness (QED) is 0.183. The Balaban J connectivity index is 1.59. The van der Waals surface area contributed by atoms with E-state index in [2.05, 4.69) is 52.4 Å². The standard InChI is InChI=1S/C18H18Br2N4O2S2/c1-10-7-15(26-14-8-27-9-14)22-18(21-10)28-16(20)17(25)24-23-11(2)12-3-5-13(19)6-4-12/h3-7,14,16H,8-9H2,1-2H3,(H,24,25). The number of nitrogens with zero attached hydrogens (tertiary/aromatic N) is 3. The van der Waals surface area contributed by atoms with Crippen molar-refractivity contribution in [2.24, 2.45) is 5.10 Å². The second kappa shape index (κ2) is 10.1. The fourth-order valence-corrected chi connectivity index (χ4v) is 4.29. The van der Waals surface area contributed by atoms with Crippen LogP contribution in [0.3, 0.4) is 0 Å². The van der Waals surface area contributed by atoms with Crippen LogP contribution >= 0.6 is 55.4 Å². The van der Waals surface area contributed by atoms with E-state index in [-0.39, 0.29) is 12.0 Å². The maximum absolute atomic E-state index is 12.4. The first-order valence-corrected chi connectivity index (χ1v) is 12.2. The lowest BCUT2D eigenvalue weighted by atomic mass is 10.1. The number of carbonyl (C=O) groups is 1. The third-order valence-electron chi connectivity index (χ3n) is 3.72. The van der Waals surface area contributed by atoms with Gasteiger partial charge in [0.1, 0.15) is 10.3 Å². The molecule has 1 N–H and O–H groups in total. The van der Waals surface area contributed by atoms with Gasteiger partial charge in [0.05, 0.1) is 5.71 Å². The van der Waals surface area contributed by atoms with Gasteiger partial charge in [-0.1, -0.05) is 55.8 Å². The molecule has 0 radical (unpaired) electrons. The van der Waals surface area contributed by atoms with Crippen molar-refractivity contribution < 1.29 is 9.53 Å². The normalized spacial score (nSPS) is 15.6. The van der Waals surface area contributed by atoms with Gasteiger partial charge in [-0.05, 0) is 31.5 Å². The summed E-state index contributed by atoms with van der Waals surface area (Å²) in [6.07, 6.45) is 0.205. The van der Waals surface area contributed by atoms with E-state index in [1.54, 1.807) is 0 Å². The smallest absolute Gasteiger partial charge is 0.264 e. The first-order valence-electron chi connectivity index (χ1n) is 8.41. The number of thioether (sulfide) groups is 2. The van der Waals surface area contributed by atoms with E-state index in [9.17, 15) is 4.79 Å². The maximum Gasteiger partial charge on any atom is 0.264 e. The third-order valence-corrected chi connectivity index (χ3v) is 7.25. The minimum Gasteiger partial charge on any atom is -0.472 e. The highest BCUT2D eigenvalue weighted by Crippen LogP contribution is 2.28. The molecule has 1 aromatic heterocycles. The van der Waals surface area contributed by atoms with Crippen LogP contribution in [0.5, 0.6) is 5.88 Å². The number of halogens is 2. The molecule has 2 aromatic rings. The van der Waals surface area contributed by atoms with Gasteiger partial charge in [-0.3, -0.25) is 4.79 Å². The van der Waals surface area contributed by atoms with Crippen LogP contribution in [0.15, 0.2) is 45.1 Å². The van der Waals surface area contributed by atoms with Crippen LogP contribution in [-0.2, 0) is 4.79 Å². The van der Waals surface area contributed by atoms with Crippen molar-refractivity contribution in [1.29, 1.82) is 0 Å². The number of aromatic nitrogens is 2. The number of hydrogen-bond donors (Lipinski definition) is 1. The Bertz CT molecular complexity index is 876. The molecule has 148 valence electrons. The molecule has 0 saturated carbocycles. The molecule has 0 bridgehead atoms. The van der Waals surface area contributed by atoms with Crippen molar-refractivity contribution in [3.8, 4) is 5.88 Å². The minimum atomic E-state index is -0.581. The molecule has 0 spiro atoms. The van der Waals surface area contributed by atoms with Crippen LogP contribution in [-0.4, -0.2) is 43.4 Å². The number of nitrogens with one attached hydrogen (secondary N) is 1. The Morgan fingerprint density at radius 2 is 2.07 bits per heavy atom. The van der Waals surface area contributed by atoms with Crippen LogP contribution in [0.2, 0.25) is 0 Å². The number of hydrazone groups is 1. The van der Waals surface area contributed by atoms with Gasteiger partial charge in [0.15, 0.2) is 5.16 Å². The first-order chi connectivity index (χ1) is 13.4. The topological polar surface area (TPSA) is 76.5 Å². The summed E-state index contributed by atoms with van der Waals surface area (Å²) in [7, 11) is 0. The highest BCUT2D eigenvalue weighted by atomic mass is 79.9. The van der Waals surface area contributed by atoms with Crippen molar-refractivity contribution in [3.05, 3.63) is 46.1 Å². The molecular formula is C18H18Br2N4O2S2. The van der Waals surface area contributed by atoms with E-state index in [1.165, 1.54) is 11.8 Å². The monoisotopic (exact) mass is 544 g/mol. The molecular weight excluding hydrogens is 528 g/mol. The average Bonchev–Trinajstić information content (AvgIpc) is 2.62. The largest absolute Gasteiger partial charge is 0.472 e. The Kier molecular flexibility index (Phi) is 7.78. The number of benzene rings is 1. The Morgan fingerprint density at radius 3 is 2.71 bits per heavy atom. The van der Waals surface area contributed by atoms with E-state index < -0.39 is 4.16 Å². The zero-order valence-corrected chi connectivity index (χ0v) is 20.0. The molecule has 10 heteroatoms. The van der Waals surface area contributed by atoms with Gasteiger partial charge in [0.25, 0.3) is 5.91 Å². The zero-order valence-electron chi connectivity index (χ0n) is 15.2. The summed E-state index contributed by atoms with van der Waals surface area (Å²) < 4.78 is 6.23. The highest BCUT2D eigenvalue weighted by Gasteiger charge is 2.22. The predicted octanol–water partition coefficient (Wildman–Crippen LogP) is 4.40. The lowest BCUT2D eigenvalue weighted by Gasteiger charge is -2.25. The number of aryl methyl sites for hydroxylation is 1. The van der Waals surface area contributed by atoms with Gasteiger partial charge in [0.2, 0.25) is 5.88 Å². The average molecular weight is 546 g/mol. The van der Waals surface area contributed by atoms with Crippen molar-refractivity contribution in [2.45, 2.75) is 29.3 Å². The second-order valence-electron chi connectivity index (χ2n) is 6.02. The number of amides is 1. The molecule has 1 atom stereocenters. The number of hydrogen-bond acceptors (Lipinski definition) is 7. The van der Waals surface area contributed by atoms with Crippen molar-refractivity contribution >= 4 is 67.0 Å². The van der Waals surface area contributed by atoms with E-state index in [4.69, 9.17) is 4.74 Å². The van der Waals surface area contributed by atoms with Gasteiger partial charge in [-0.2, -0.15) is 21.8 Å². The molecule has 1 fully saturated rings. The van der Waals surface area contributed by atoms with Crippen LogP contribution in [0, 0.1) is 6.92 Å². The predicted molar refractivity (Wildman–Crippen MR) is 122 cm³/mol. The summed E-state index contributed by atoms with van der Waals surface area (Å²) in [6, 6.07) is 9.52. The number of ether oxygens (including phenoxy) is 1. The van der Waals surface area contributed by atoms with E-state index in [0.29, 0.717) is 16.7 Å². The van der Waals surface area contributed by atoms with E-state index in [0.717, 1.165) is 27.2 Å². The number of carbonyl (C=O) groups excluding carboxylic acids is 1. The molecule has 0 aliphatic carbocycles. The highest BCUT2D eigenvalue weighted by molar-refractivity contribution is 9.11. The second-order valence-corrected chi connectivity index (χ2v) is 10.6. The van der Waals surface area contributed by atoms with Crippen LogP contribution in [0.1, 0.15) is 18.2 Å². The van der Waals surface area contributed by atoms with E-state index >= 15 is 0 Å². The molecule has 1 aliphatic heterocycles. The Labute approximate surface area is 189 Å². The third kappa shape index (κ3) is 6.20. The van der Waals surface area contributed by atoms with Gasteiger partial charge in [-0.25, -0.2) is 10.4 Å². The zero-order chi connectivity index (χ0) is 20.1. The fourth-order valence-electron chi connectivity index (χ4n) is 2.17. The van der Waals surface area contributed by atoms with E-state index in [1.807, 2.05) is 55.9 Å². The summed E-state index contributed by atoms with van der Waals surface area (Å²) in [5.41, 5.74) is 5.02. The van der Waals surface area contributed by atoms with Crippen molar-refractivity contribution in [1.82, 2.24) is 15.4 Å². The molecule has 1 aromatic carbocycles. The van der Waals surface area contributed by atoms with Gasteiger partial charge < -0.3 is 4.74 Å². The van der Waals surface area contributed by atoms with Gasteiger partial charge in [0, 0.05) is 27.7 Å². The van der Waals surface area contributed by atoms with Crippen LogP contribution in [0.4, 0.5) is 0 Å². The molecule has 2 heterocycles. The summed E-state index contributed by atoms with van der Waals surface area (Å²) in [5.74, 6) is 2.21. The Morgan fingerprint density at radius 1 is 1.36 bits per heavy atom. The summed E-state index contributed by atoms with van der Waals surface area (Å²) >= 11 is 9.82. The lowest BCUT2D eigenvalue weighted by molar-refractivity contribution is -0.119. The van der Waals surface area contributed by atoms with Gasteiger partial charge in [-0.15, -0.1) is 0 Å². The molecule has 28 heavy (non-hydrogen) atoms. The molecule has 1 saturated heterocycles. The molecule has 3 rings (SSSR count). The van der Waals surface area contributed by atoms with Crippen molar-refractivity contribution in [3.63, 3.8) is 0 Å². The fraction of sp³-hybridized carbons (Fsp3) is 0.333. The first kappa shape index (κ1) is 21.6. The van der Waals surface area contributed by atoms with Crippen LogP contribution < -0.4 is 10.2 Å². The molecule has 1 unspecified atom stereocenters. The minimum absolute atomic E-state index is 0.205. The Hall–Kier alpha value is -1.10. The summed E-state index contributed by atoms with van der Waals surface area (Å²) in [6.45, 7) is 3.72. The number of rotatable bonds is 7. The van der Waals surface area contributed by atoms with Gasteiger partial charge >= 0.3 is 0 Å². The molecule has 1 aliphatic rings. The van der Waals surface area contributed by atoms with Crippen LogP contribution in [0.25, 0.3) is 0 Å². The maximum atomic E-state index is 12.4. The molecule has 6 nitrogen and oxygen atoms in total. The SMILES string of the molecule is CC(=NNC(=O)C(Br)Sc1nc(C)cc(OC2CSC2)n1)c1ccc(Br)cc1. The van der Waals surface area contributed by atoms with Crippen molar-refractivity contribution in [2.75, 3.05) is 11.5 Å².